The maximum atomic E-state index is 10.9. The van der Waals surface area contributed by atoms with Crippen LogP contribution in [0.25, 0.3) is 22.8 Å². The van der Waals surface area contributed by atoms with Crippen molar-refractivity contribution in [3.63, 3.8) is 0 Å². The van der Waals surface area contributed by atoms with Crippen molar-refractivity contribution < 1.29 is 19.3 Å². The number of amides is 1. The molecule has 0 aliphatic carbocycles. The molecule has 0 fully saturated rings. The van der Waals surface area contributed by atoms with Gasteiger partial charge in [-0.25, -0.2) is 5.48 Å². The quantitative estimate of drug-likeness (QED) is 0.339. The lowest BCUT2D eigenvalue weighted by atomic mass is 10.2. The summed E-state index contributed by atoms with van der Waals surface area (Å²) in [4.78, 5) is 15.3. The lowest BCUT2D eigenvalue weighted by Crippen LogP contribution is -2.17. The number of hydroxylamine groups is 1. The van der Waals surface area contributed by atoms with Crippen LogP contribution >= 0.6 is 0 Å². The molecule has 0 spiro atoms. The molecule has 3 aromatic rings. The standard InChI is InChI=1S/C20H21N3O4/c24-18(22-25)9-5-2-6-14-26-17-12-10-16(11-13-17)20-21-19(23-27-20)15-7-3-1-4-8-15/h1,3-4,7-8,10-13,25H,2,5-6,9,14H2,(H,22,24). The normalized spacial score (nSPS) is 10.6. The molecule has 0 unspecified atom stereocenters. The number of rotatable bonds is 9. The molecular weight excluding hydrogens is 346 g/mol. The molecular formula is C20H21N3O4. The minimum atomic E-state index is -0.358. The highest BCUT2D eigenvalue weighted by molar-refractivity contribution is 5.74. The van der Waals surface area contributed by atoms with Gasteiger partial charge in [-0.05, 0) is 43.5 Å². The van der Waals surface area contributed by atoms with Gasteiger partial charge in [-0.2, -0.15) is 4.98 Å². The van der Waals surface area contributed by atoms with Gasteiger partial charge in [0.15, 0.2) is 0 Å². The van der Waals surface area contributed by atoms with Crippen LogP contribution in [0.1, 0.15) is 25.7 Å². The Morgan fingerprint density at radius 1 is 1.00 bits per heavy atom. The third-order valence-corrected chi connectivity index (χ3v) is 4.00. The summed E-state index contributed by atoms with van der Waals surface area (Å²) >= 11 is 0. The summed E-state index contributed by atoms with van der Waals surface area (Å²) in [6.07, 6.45) is 2.73. The Bertz CT molecular complexity index is 847. The fourth-order valence-electron chi connectivity index (χ4n) is 2.55. The van der Waals surface area contributed by atoms with Gasteiger partial charge in [-0.1, -0.05) is 35.5 Å². The van der Waals surface area contributed by atoms with Crippen LogP contribution < -0.4 is 10.2 Å². The first-order valence-corrected chi connectivity index (χ1v) is 8.81. The first-order chi connectivity index (χ1) is 13.3. The van der Waals surface area contributed by atoms with E-state index in [0.717, 1.165) is 36.1 Å². The Hall–Kier alpha value is -3.19. The highest BCUT2D eigenvalue weighted by Gasteiger charge is 2.10. The number of hydrogen-bond donors (Lipinski definition) is 2. The highest BCUT2D eigenvalue weighted by atomic mass is 16.5. The maximum Gasteiger partial charge on any atom is 0.258 e. The Balaban J connectivity index is 1.48. The van der Waals surface area contributed by atoms with Crippen molar-refractivity contribution in [3.05, 3.63) is 54.6 Å². The van der Waals surface area contributed by atoms with Gasteiger partial charge in [0.05, 0.1) is 6.61 Å². The summed E-state index contributed by atoms with van der Waals surface area (Å²) in [5, 5.41) is 12.4. The van der Waals surface area contributed by atoms with E-state index in [1.54, 1.807) is 5.48 Å². The van der Waals surface area contributed by atoms with Crippen molar-refractivity contribution in [2.45, 2.75) is 25.7 Å². The molecule has 1 heterocycles. The number of ether oxygens (including phenoxy) is 1. The van der Waals surface area contributed by atoms with Crippen LogP contribution in [-0.2, 0) is 4.79 Å². The van der Waals surface area contributed by atoms with Crippen molar-refractivity contribution in [2.75, 3.05) is 6.61 Å². The highest BCUT2D eigenvalue weighted by Crippen LogP contribution is 2.24. The van der Waals surface area contributed by atoms with Crippen molar-refractivity contribution in [1.29, 1.82) is 0 Å². The predicted octanol–water partition coefficient (Wildman–Crippen LogP) is 3.85. The van der Waals surface area contributed by atoms with E-state index in [2.05, 4.69) is 10.1 Å². The first kappa shape index (κ1) is 18.6. The van der Waals surface area contributed by atoms with Crippen LogP contribution in [0.3, 0.4) is 0 Å². The largest absolute Gasteiger partial charge is 0.494 e. The summed E-state index contributed by atoms with van der Waals surface area (Å²) < 4.78 is 11.0. The van der Waals surface area contributed by atoms with Crippen LogP contribution in [0.4, 0.5) is 0 Å². The minimum Gasteiger partial charge on any atom is -0.494 e. The molecule has 0 atom stereocenters. The number of aromatic nitrogens is 2. The monoisotopic (exact) mass is 367 g/mol. The molecule has 27 heavy (non-hydrogen) atoms. The first-order valence-electron chi connectivity index (χ1n) is 8.81. The summed E-state index contributed by atoms with van der Waals surface area (Å²) in [5.41, 5.74) is 3.36. The van der Waals surface area contributed by atoms with Gasteiger partial charge in [0.2, 0.25) is 11.7 Å². The Morgan fingerprint density at radius 2 is 1.78 bits per heavy atom. The summed E-state index contributed by atoms with van der Waals surface area (Å²) in [6.45, 7) is 0.568. The maximum absolute atomic E-state index is 10.9. The summed E-state index contributed by atoms with van der Waals surface area (Å²) in [6, 6.07) is 17.1. The molecule has 0 bridgehead atoms. The van der Waals surface area contributed by atoms with Crippen molar-refractivity contribution >= 4 is 5.91 Å². The van der Waals surface area contributed by atoms with Gasteiger partial charge in [-0.15, -0.1) is 0 Å². The van der Waals surface area contributed by atoms with Gasteiger partial charge in [0.25, 0.3) is 5.89 Å². The van der Waals surface area contributed by atoms with Gasteiger partial charge in [0, 0.05) is 17.5 Å². The van der Waals surface area contributed by atoms with Crippen LogP contribution in [0.15, 0.2) is 59.1 Å². The molecule has 3 rings (SSSR count). The van der Waals surface area contributed by atoms with Crippen LogP contribution in [0.2, 0.25) is 0 Å². The number of nitrogens with zero attached hydrogens (tertiary/aromatic N) is 2. The van der Waals surface area contributed by atoms with Crippen LogP contribution in [-0.4, -0.2) is 27.9 Å². The fraction of sp³-hybridized carbons (Fsp3) is 0.250. The van der Waals surface area contributed by atoms with E-state index in [0.29, 0.717) is 24.7 Å². The summed E-state index contributed by atoms with van der Waals surface area (Å²) in [5.74, 6) is 1.42. The lowest BCUT2D eigenvalue weighted by Gasteiger charge is -2.06. The smallest absolute Gasteiger partial charge is 0.258 e. The molecule has 0 radical (unpaired) electrons. The number of hydrogen-bond acceptors (Lipinski definition) is 6. The van der Waals surface area contributed by atoms with E-state index in [1.165, 1.54) is 0 Å². The molecule has 140 valence electrons. The number of benzene rings is 2. The number of carbonyl (C=O) groups is 1. The SMILES string of the molecule is O=C(CCCCCOc1ccc(-c2nc(-c3ccccc3)no2)cc1)NO. The Labute approximate surface area is 156 Å². The van der Waals surface area contributed by atoms with Crippen molar-refractivity contribution in [1.82, 2.24) is 15.6 Å². The van der Waals surface area contributed by atoms with E-state index in [1.807, 2.05) is 54.6 Å². The number of unbranched alkanes of at least 4 members (excludes halogenated alkanes) is 2. The Kier molecular flexibility index (Phi) is 6.54. The van der Waals surface area contributed by atoms with Gasteiger partial charge in [-0.3, -0.25) is 10.0 Å². The Morgan fingerprint density at radius 3 is 2.52 bits per heavy atom. The molecule has 1 amide bonds. The molecule has 1 aromatic heterocycles. The zero-order valence-electron chi connectivity index (χ0n) is 14.8. The van der Waals surface area contributed by atoms with Crippen molar-refractivity contribution in [3.8, 4) is 28.6 Å². The minimum absolute atomic E-state index is 0.320. The third-order valence-electron chi connectivity index (χ3n) is 4.00. The molecule has 0 aliphatic rings. The average molecular weight is 367 g/mol. The number of carbonyl (C=O) groups excluding carboxylic acids is 1. The van der Waals surface area contributed by atoms with E-state index in [-0.39, 0.29) is 5.91 Å². The summed E-state index contributed by atoms with van der Waals surface area (Å²) in [7, 11) is 0. The molecule has 0 aliphatic heterocycles. The average Bonchev–Trinajstić information content (AvgIpc) is 3.22. The topological polar surface area (TPSA) is 97.5 Å². The zero-order chi connectivity index (χ0) is 18.9. The second-order valence-electron chi connectivity index (χ2n) is 6.01. The molecule has 0 saturated carbocycles. The lowest BCUT2D eigenvalue weighted by molar-refractivity contribution is -0.129. The molecule has 7 heteroatoms. The second-order valence-corrected chi connectivity index (χ2v) is 6.01. The number of nitrogens with one attached hydrogen (secondary N) is 1. The van der Waals surface area contributed by atoms with Crippen LogP contribution in [0.5, 0.6) is 5.75 Å². The predicted molar refractivity (Wildman–Crippen MR) is 99.1 cm³/mol. The van der Waals surface area contributed by atoms with E-state index >= 15 is 0 Å². The third kappa shape index (κ3) is 5.39. The fourth-order valence-corrected chi connectivity index (χ4v) is 2.55. The van der Waals surface area contributed by atoms with Crippen LogP contribution in [0, 0.1) is 0 Å². The van der Waals surface area contributed by atoms with Gasteiger partial charge in [0.1, 0.15) is 5.75 Å². The zero-order valence-corrected chi connectivity index (χ0v) is 14.8. The van der Waals surface area contributed by atoms with Gasteiger partial charge >= 0.3 is 0 Å². The molecule has 7 nitrogen and oxygen atoms in total. The molecule has 0 saturated heterocycles. The van der Waals surface area contributed by atoms with E-state index in [9.17, 15) is 4.79 Å². The van der Waals surface area contributed by atoms with Gasteiger partial charge < -0.3 is 9.26 Å². The van der Waals surface area contributed by atoms with Crippen molar-refractivity contribution in [2.24, 2.45) is 0 Å². The van der Waals surface area contributed by atoms with E-state index < -0.39 is 0 Å². The second kappa shape index (κ2) is 9.49. The molecule has 2 aromatic carbocycles. The molecule has 2 N–H and O–H groups in total. The van der Waals surface area contributed by atoms with E-state index in [4.69, 9.17) is 14.5 Å².